The first-order valence-electron chi connectivity index (χ1n) is 19.7. The molecule has 1 spiro atoms. The SMILES string of the molecule is c1ccc(-c2ccc(N(c3ccc4c(c3)C3(c5ccccc5-c5ccccc53)c3ccc5sc6ccccc6c5c3-4)c3ccccc3-c3ccccc3)cc2)cc1. The third-order valence-corrected chi connectivity index (χ3v) is 13.4. The van der Waals surface area contributed by atoms with Crippen molar-refractivity contribution < 1.29 is 0 Å². The van der Waals surface area contributed by atoms with Gasteiger partial charge in [0.15, 0.2) is 0 Å². The van der Waals surface area contributed by atoms with E-state index < -0.39 is 5.41 Å². The van der Waals surface area contributed by atoms with Gasteiger partial charge < -0.3 is 4.90 Å². The second kappa shape index (κ2) is 12.5. The maximum Gasteiger partial charge on any atom is 0.0726 e. The van der Waals surface area contributed by atoms with E-state index in [1.807, 2.05) is 11.3 Å². The predicted octanol–water partition coefficient (Wildman–Crippen LogP) is 15.2. The molecule has 0 radical (unpaired) electrons. The van der Waals surface area contributed by atoms with E-state index in [2.05, 4.69) is 217 Å². The Hall–Kier alpha value is -7.00. The van der Waals surface area contributed by atoms with Gasteiger partial charge in [-0.25, -0.2) is 0 Å². The van der Waals surface area contributed by atoms with Crippen molar-refractivity contribution in [3.8, 4) is 44.5 Å². The molecule has 9 aromatic carbocycles. The summed E-state index contributed by atoms with van der Waals surface area (Å²) < 4.78 is 2.66. The van der Waals surface area contributed by atoms with Crippen molar-refractivity contribution in [2.24, 2.45) is 0 Å². The number of benzene rings is 9. The molecule has 1 aromatic heterocycles. The number of anilines is 3. The first-order chi connectivity index (χ1) is 28.3. The Kier molecular flexibility index (Phi) is 7.08. The minimum atomic E-state index is -0.479. The molecule has 12 rings (SSSR count). The second-order valence-electron chi connectivity index (χ2n) is 15.2. The molecular weight excluding hydrogens is 707 g/mol. The summed E-state index contributed by atoms with van der Waals surface area (Å²) in [5.74, 6) is 0. The lowest BCUT2D eigenvalue weighted by molar-refractivity contribution is 0.794. The van der Waals surface area contributed by atoms with Crippen LogP contribution in [-0.2, 0) is 5.41 Å². The van der Waals surface area contributed by atoms with Crippen LogP contribution in [0, 0.1) is 0 Å². The summed E-state index contributed by atoms with van der Waals surface area (Å²) in [6.07, 6.45) is 0. The molecule has 0 saturated carbocycles. The minimum absolute atomic E-state index is 0.479. The second-order valence-corrected chi connectivity index (χ2v) is 16.2. The number of rotatable bonds is 5. The van der Waals surface area contributed by atoms with Crippen LogP contribution in [0.2, 0.25) is 0 Å². The smallest absolute Gasteiger partial charge is 0.0726 e. The molecule has 0 unspecified atom stereocenters. The van der Waals surface area contributed by atoms with Gasteiger partial charge in [0.1, 0.15) is 0 Å². The third-order valence-electron chi connectivity index (χ3n) is 12.3. The lowest BCUT2D eigenvalue weighted by Crippen LogP contribution is -2.26. The molecule has 2 heteroatoms. The molecule has 0 amide bonds. The summed E-state index contributed by atoms with van der Waals surface area (Å²) in [5, 5.41) is 2.70. The van der Waals surface area contributed by atoms with Crippen LogP contribution in [-0.4, -0.2) is 0 Å². The number of para-hydroxylation sites is 1. The summed E-state index contributed by atoms with van der Waals surface area (Å²) in [4.78, 5) is 2.47. The highest BCUT2D eigenvalue weighted by molar-refractivity contribution is 7.26. The van der Waals surface area contributed by atoms with Crippen molar-refractivity contribution in [3.05, 3.63) is 235 Å². The van der Waals surface area contributed by atoms with E-state index in [9.17, 15) is 0 Å². The van der Waals surface area contributed by atoms with Gasteiger partial charge in [0, 0.05) is 37.1 Å². The number of hydrogen-bond donors (Lipinski definition) is 0. The predicted molar refractivity (Wildman–Crippen MR) is 241 cm³/mol. The van der Waals surface area contributed by atoms with Crippen molar-refractivity contribution >= 4 is 48.6 Å². The fourth-order valence-corrected chi connectivity index (χ4v) is 11.1. The van der Waals surface area contributed by atoms with Crippen LogP contribution in [0.25, 0.3) is 64.7 Å². The average molecular weight is 742 g/mol. The van der Waals surface area contributed by atoms with Crippen molar-refractivity contribution in [2.75, 3.05) is 4.90 Å². The standard InChI is InChI=1S/C55H35NS/c1-3-15-36(16-4-1)37-27-29-39(30-28-37)56(50-25-13-9-19-41(50)38-17-5-2-6-18-38)40-31-32-44-49(35-40)55(46-23-11-7-20-42(46)43-21-8-12-24-47(43)55)48-33-34-52-54(53(44)48)45-22-10-14-26-51(45)57-52/h1-35H. The van der Waals surface area contributed by atoms with E-state index in [0.29, 0.717) is 0 Å². The zero-order valence-corrected chi connectivity index (χ0v) is 31.9. The normalized spacial score (nSPS) is 13.1. The number of nitrogens with zero attached hydrogens (tertiary/aromatic N) is 1. The largest absolute Gasteiger partial charge is 0.310 e. The van der Waals surface area contributed by atoms with E-state index >= 15 is 0 Å². The van der Waals surface area contributed by atoms with Gasteiger partial charge in [0.2, 0.25) is 0 Å². The van der Waals surface area contributed by atoms with Crippen molar-refractivity contribution in [1.82, 2.24) is 0 Å². The zero-order valence-electron chi connectivity index (χ0n) is 31.1. The van der Waals surface area contributed by atoms with Gasteiger partial charge in [-0.05, 0) is 104 Å². The van der Waals surface area contributed by atoms with Crippen molar-refractivity contribution in [1.29, 1.82) is 0 Å². The molecule has 266 valence electrons. The number of hydrogen-bond acceptors (Lipinski definition) is 2. The first-order valence-corrected chi connectivity index (χ1v) is 20.5. The molecule has 2 aliphatic carbocycles. The van der Waals surface area contributed by atoms with Crippen LogP contribution >= 0.6 is 11.3 Å². The highest BCUT2D eigenvalue weighted by Gasteiger charge is 2.52. The minimum Gasteiger partial charge on any atom is -0.310 e. The van der Waals surface area contributed by atoms with E-state index in [0.717, 1.165) is 17.1 Å². The maximum atomic E-state index is 2.52. The molecule has 0 N–H and O–H groups in total. The molecule has 10 aromatic rings. The molecule has 57 heavy (non-hydrogen) atoms. The summed E-state index contributed by atoms with van der Waals surface area (Å²) in [6, 6.07) is 78.6. The number of fused-ring (bicyclic) bond motifs is 14. The van der Waals surface area contributed by atoms with Gasteiger partial charge in [0.05, 0.1) is 11.1 Å². The Morgan fingerprint density at radius 1 is 0.351 bits per heavy atom. The van der Waals surface area contributed by atoms with E-state index in [1.165, 1.54) is 86.9 Å². The first kappa shape index (κ1) is 32.3. The molecule has 1 nitrogen and oxygen atoms in total. The van der Waals surface area contributed by atoms with Crippen molar-refractivity contribution in [3.63, 3.8) is 0 Å². The van der Waals surface area contributed by atoms with Crippen LogP contribution in [0.3, 0.4) is 0 Å². The van der Waals surface area contributed by atoms with E-state index in [-0.39, 0.29) is 0 Å². The highest BCUT2D eigenvalue weighted by Crippen LogP contribution is 2.65. The fourth-order valence-electron chi connectivity index (χ4n) is 9.96. The summed E-state index contributed by atoms with van der Waals surface area (Å²) in [6.45, 7) is 0. The van der Waals surface area contributed by atoms with Crippen LogP contribution in [0.5, 0.6) is 0 Å². The van der Waals surface area contributed by atoms with Gasteiger partial charge >= 0.3 is 0 Å². The van der Waals surface area contributed by atoms with Crippen molar-refractivity contribution in [2.45, 2.75) is 5.41 Å². The van der Waals surface area contributed by atoms with Gasteiger partial charge in [-0.1, -0.05) is 170 Å². The monoisotopic (exact) mass is 741 g/mol. The number of thiophene rings is 1. The van der Waals surface area contributed by atoms with Crippen LogP contribution in [0.1, 0.15) is 22.3 Å². The summed E-state index contributed by atoms with van der Waals surface area (Å²) in [7, 11) is 0. The molecule has 0 aliphatic heterocycles. The fraction of sp³-hybridized carbons (Fsp3) is 0.0182. The van der Waals surface area contributed by atoms with Gasteiger partial charge in [-0.3, -0.25) is 0 Å². The Labute approximate surface area is 336 Å². The molecule has 2 aliphatic rings. The molecule has 0 bridgehead atoms. The summed E-state index contributed by atoms with van der Waals surface area (Å²) >= 11 is 1.90. The molecular formula is C55H35NS. The quantitative estimate of drug-likeness (QED) is 0.170. The lowest BCUT2D eigenvalue weighted by Gasteiger charge is -2.32. The van der Waals surface area contributed by atoms with Gasteiger partial charge in [0.25, 0.3) is 0 Å². The Morgan fingerprint density at radius 3 is 1.67 bits per heavy atom. The maximum absolute atomic E-state index is 2.52. The Balaban J connectivity index is 1.16. The highest BCUT2D eigenvalue weighted by atomic mass is 32.1. The van der Waals surface area contributed by atoms with E-state index in [4.69, 9.17) is 0 Å². The van der Waals surface area contributed by atoms with Crippen LogP contribution < -0.4 is 4.90 Å². The topological polar surface area (TPSA) is 3.24 Å². The Morgan fingerprint density at radius 2 is 0.930 bits per heavy atom. The van der Waals surface area contributed by atoms with E-state index in [1.54, 1.807) is 0 Å². The Bertz CT molecular complexity index is 3130. The zero-order chi connectivity index (χ0) is 37.5. The van der Waals surface area contributed by atoms with Crippen LogP contribution in [0.4, 0.5) is 17.1 Å². The molecule has 0 saturated heterocycles. The third kappa shape index (κ3) is 4.62. The summed E-state index contributed by atoms with van der Waals surface area (Å²) in [5.41, 5.74) is 18.4. The van der Waals surface area contributed by atoms with Gasteiger partial charge in [-0.2, -0.15) is 0 Å². The van der Waals surface area contributed by atoms with Gasteiger partial charge in [-0.15, -0.1) is 11.3 Å². The lowest BCUT2D eigenvalue weighted by atomic mass is 9.70. The van der Waals surface area contributed by atoms with Crippen LogP contribution in [0.15, 0.2) is 212 Å². The molecule has 1 heterocycles. The average Bonchev–Trinajstić information content (AvgIpc) is 3.91. The molecule has 0 fully saturated rings. The molecule has 0 atom stereocenters.